The predicted molar refractivity (Wildman–Crippen MR) is 86.8 cm³/mol. The van der Waals surface area contributed by atoms with Crippen LogP contribution in [0.1, 0.15) is 31.8 Å². The topological polar surface area (TPSA) is 52.6 Å². The van der Waals surface area contributed by atoms with Gasteiger partial charge in [0.1, 0.15) is 5.75 Å². The van der Waals surface area contributed by atoms with Gasteiger partial charge in [-0.2, -0.15) is 0 Å². The Morgan fingerprint density at radius 1 is 1.09 bits per heavy atom. The molecule has 1 heterocycles. The summed E-state index contributed by atoms with van der Waals surface area (Å²) in [7, 11) is 1.34. The molecule has 0 atom stereocenters. The molecular weight excluding hydrogens is 292 g/mol. The summed E-state index contributed by atoms with van der Waals surface area (Å²) in [6, 6.07) is 12.4. The third-order valence-electron chi connectivity index (χ3n) is 3.73. The Hall–Kier alpha value is -2.88. The van der Waals surface area contributed by atoms with Gasteiger partial charge in [-0.05, 0) is 47.5 Å². The Morgan fingerprint density at radius 3 is 2.57 bits per heavy atom. The van der Waals surface area contributed by atoms with Crippen molar-refractivity contribution in [3.05, 3.63) is 70.8 Å². The highest BCUT2D eigenvalue weighted by Crippen LogP contribution is 2.26. The van der Waals surface area contributed by atoms with Crippen LogP contribution < -0.4 is 4.74 Å². The fourth-order valence-electron chi connectivity index (χ4n) is 2.46. The highest BCUT2D eigenvalue weighted by atomic mass is 16.5. The lowest BCUT2D eigenvalue weighted by Crippen LogP contribution is -2.00. The number of hydrogen-bond acceptors (Lipinski definition) is 4. The molecular formula is C19H16O4. The van der Waals surface area contributed by atoms with Crippen LogP contribution >= 0.6 is 0 Å². The Morgan fingerprint density at radius 2 is 1.83 bits per heavy atom. The summed E-state index contributed by atoms with van der Waals surface area (Å²) in [5.41, 5.74) is 3.05. The molecule has 1 aliphatic heterocycles. The van der Waals surface area contributed by atoms with Crippen LogP contribution in [0.25, 0.3) is 6.08 Å². The molecule has 0 unspecified atom stereocenters. The molecule has 0 N–H and O–H groups in total. The fourth-order valence-corrected chi connectivity index (χ4v) is 2.46. The molecule has 4 nitrogen and oxygen atoms in total. The van der Waals surface area contributed by atoms with E-state index < -0.39 is 0 Å². The van der Waals surface area contributed by atoms with Crippen LogP contribution in [0.2, 0.25) is 0 Å². The van der Waals surface area contributed by atoms with Crippen molar-refractivity contribution < 1.29 is 19.1 Å². The lowest BCUT2D eigenvalue weighted by Gasteiger charge is -2.01. The van der Waals surface area contributed by atoms with E-state index in [1.165, 1.54) is 13.2 Å². The number of carbonyl (C=O) groups excluding carboxylic acids is 2. The predicted octanol–water partition coefficient (Wildman–Crippen LogP) is 3.30. The van der Waals surface area contributed by atoms with Crippen molar-refractivity contribution in [2.45, 2.75) is 6.42 Å². The molecule has 0 bridgehead atoms. The van der Waals surface area contributed by atoms with E-state index in [2.05, 4.69) is 4.74 Å². The molecule has 4 heteroatoms. The first-order valence-corrected chi connectivity index (χ1v) is 7.34. The SMILES string of the molecule is COC(=O)c1ccc(/C=C/C(=O)c2ccc3c(c2)CCO3)cc1. The summed E-state index contributed by atoms with van der Waals surface area (Å²) < 4.78 is 10.1. The van der Waals surface area contributed by atoms with Gasteiger partial charge in [0.05, 0.1) is 19.3 Å². The molecule has 23 heavy (non-hydrogen) atoms. The number of benzene rings is 2. The highest BCUT2D eigenvalue weighted by Gasteiger charge is 2.13. The van der Waals surface area contributed by atoms with Crippen molar-refractivity contribution in [2.24, 2.45) is 0 Å². The summed E-state index contributed by atoms with van der Waals surface area (Å²) in [4.78, 5) is 23.6. The summed E-state index contributed by atoms with van der Waals surface area (Å²) in [5.74, 6) is 0.428. The molecule has 0 aromatic heterocycles. The van der Waals surface area contributed by atoms with E-state index in [1.807, 2.05) is 12.1 Å². The van der Waals surface area contributed by atoms with Gasteiger partial charge in [0.2, 0.25) is 0 Å². The van der Waals surface area contributed by atoms with Crippen LogP contribution in [-0.4, -0.2) is 25.5 Å². The van der Waals surface area contributed by atoms with Gasteiger partial charge in [0.25, 0.3) is 0 Å². The maximum Gasteiger partial charge on any atom is 0.337 e. The first kappa shape index (κ1) is 15.0. The minimum Gasteiger partial charge on any atom is -0.493 e. The molecule has 0 saturated carbocycles. The molecule has 0 spiro atoms. The number of fused-ring (bicyclic) bond motifs is 1. The Balaban J connectivity index is 1.72. The molecule has 0 fully saturated rings. The number of carbonyl (C=O) groups is 2. The summed E-state index contributed by atoms with van der Waals surface area (Å²) >= 11 is 0. The van der Waals surface area contributed by atoms with Crippen molar-refractivity contribution in [3.8, 4) is 5.75 Å². The maximum atomic E-state index is 12.2. The highest BCUT2D eigenvalue weighted by molar-refractivity contribution is 6.07. The van der Waals surface area contributed by atoms with Crippen molar-refractivity contribution in [1.29, 1.82) is 0 Å². The number of rotatable bonds is 4. The average Bonchev–Trinajstić information content (AvgIpc) is 3.07. The standard InChI is InChI=1S/C19H16O4/c1-22-19(21)14-5-2-13(3-6-14)4-8-17(20)15-7-9-18-16(12-15)10-11-23-18/h2-9,12H,10-11H2,1H3/b8-4+. The van der Waals surface area contributed by atoms with Gasteiger partial charge in [0.15, 0.2) is 5.78 Å². The first-order valence-electron chi connectivity index (χ1n) is 7.34. The lowest BCUT2D eigenvalue weighted by molar-refractivity contribution is 0.0600. The van der Waals surface area contributed by atoms with E-state index in [1.54, 1.807) is 36.4 Å². The summed E-state index contributed by atoms with van der Waals surface area (Å²) in [6.07, 6.45) is 4.10. The molecule has 2 aromatic carbocycles. The van der Waals surface area contributed by atoms with Crippen molar-refractivity contribution in [2.75, 3.05) is 13.7 Å². The fraction of sp³-hybridized carbons (Fsp3) is 0.158. The number of hydrogen-bond donors (Lipinski definition) is 0. The van der Waals surface area contributed by atoms with Crippen LogP contribution in [0.3, 0.4) is 0 Å². The molecule has 1 aliphatic rings. The van der Waals surface area contributed by atoms with E-state index >= 15 is 0 Å². The van der Waals surface area contributed by atoms with E-state index in [4.69, 9.17) is 4.74 Å². The second-order valence-corrected chi connectivity index (χ2v) is 5.23. The lowest BCUT2D eigenvalue weighted by atomic mass is 10.0. The minimum absolute atomic E-state index is 0.0586. The smallest absolute Gasteiger partial charge is 0.337 e. The quantitative estimate of drug-likeness (QED) is 0.494. The van der Waals surface area contributed by atoms with Crippen molar-refractivity contribution in [1.82, 2.24) is 0 Å². The van der Waals surface area contributed by atoms with Gasteiger partial charge < -0.3 is 9.47 Å². The van der Waals surface area contributed by atoms with Crippen LogP contribution in [0.4, 0.5) is 0 Å². The second-order valence-electron chi connectivity index (χ2n) is 5.23. The number of methoxy groups -OCH3 is 1. The zero-order chi connectivity index (χ0) is 16.2. The van der Waals surface area contributed by atoms with Gasteiger partial charge >= 0.3 is 5.97 Å². The van der Waals surface area contributed by atoms with Gasteiger partial charge in [0, 0.05) is 12.0 Å². The number of allylic oxidation sites excluding steroid dienone is 1. The van der Waals surface area contributed by atoms with E-state index in [-0.39, 0.29) is 11.8 Å². The minimum atomic E-state index is -0.378. The second kappa shape index (κ2) is 6.48. The van der Waals surface area contributed by atoms with Crippen LogP contribution in [0.5, 0.6) is 5.75 Å². The summed E-state index contributed by atoms with van der Waals surface area (Å²) in [6.45, 7) is 0.676. The van der Waals surface area contributed by atoms with E-state index in [0.29, 0.717) is 17.7 Å². The molecule has 0 radical (unpaired) electrons. The molecule has 2 aromatic rings. The van der Waals surface area contributed by atoms with Gasteiger partial charge in [-0.1, -0.05) is 18.2 Å². The molecule has 0 saturated heterocycles. The summed E-state index contributed by atoms with van der Waals surface area (Å²) in [5, 5.41) is 0. The van der Waals surface area contributed by atoms with Gasteiger partial charge in [-0.15, -0.1) is 0 Å². The largest absolute Gasteiger partial charge is 0.493 e. The third-order valence-corrected chi connectivity index (χ3v) is 3.73. The Kier molecular flexibility index (Phi) is 4.24. The monoisotopic (exact) mass is 308 g/mol. The van der Waals surface area contributed by atoms with E-state index in [0.717, 1.165) is 23.3 Å². The zero-order valence-electron chi connectivity index (χ0n) is 12.7. The van der Waals surface area contributed by atoms with Gasteiger partial charge in [-0.3, -0.25) is 4.79 Å². The van der Waals surface area contributed by atoms with Gasteiger partial charge in [-0.25, -0.2) is 4.79 Å². The number of ether oxygens (including phenoxy) is 2. The molecule has 3 rings (SSSR count). The first-order chi connectivity index (χ1) is 11.2. The molecule has 116 valence electrons. The van der Waals surface area contributed by atoms with Crippen LogP contribution in [-0.2, 0) is 11.2 Å². The number of ketones is 1. The Bertz CT molecular complexity index is 772. The van der Waals surface area contributed by atoms with E-state index in [9.17, 15) is 9.59 Å². The van der Waals surface area contributed by atoms with Crippen LogP contribution in [0.15, 0.2) is 48.5 Å². The normalized spacial score (nSPS) is 12.7. The number of esters is 1. The van der Waals surface area contributed by atoms with Crippen LogP contribution in [0, 0.1) is 0 Å². The van der Waals surface area contributed by atoms with Crippen molar-refractivity contribution in [3.63, 3.8) is 0 Å². The maximum absolute atomic E-state index is 12.2. The third kappa shape index (κ3) is 3.31. The Labute approximate surface area is 134 Å². The average molecular weight is 308 g/mol. The molecule has 0 aliphatic carbocycles. The molecule has 0 amide bonds. The van der Waals surface area contributed by atoms with Crippen molar-refractivity contribution >= 4 is 17.8 Å². The zero-order valence-corrected chi connectivity index (χ0v) is 12.7.